The van der Waals surface area contributed by atoms with Crippen LogP contribution in [0.15, 0.2) is 24.3 Å². The van der Waals surface area contributed by atoms with Gasteiger partial charge in [-0.15, -0.1) is 11.8 Å². The fraction of sp³-hybridized carbons (Fsp3) is 0.682. The molecule has 4 heterocycles. The standard InChI is InChI=1S/C22H30N2O5S/c1-14(2)23-10-6-9-22-17(19(26)24(11-7-12-25)18(22)20(23)27)16-15(30-22)8-4-3-5-13-29-21(16)28/h4,6,8-9,14-18,25H,3,5,7,10-13H2,1-2H3/b8-4-/t15-,16+,17-,18?,22-/m0/s1. The van der Waals surface area contributed by atoms with Crippen molar-refractivity contribution in [2.24, 2.45) is 11.8 Å². The second-order valence-corrected chi connectivity index (χ2v) is 10.2. The van der Waals surface area contributed by atoms with E-state index in [0.29, 0.717) is 26.1 Å². The maximum atomic E-state index is 13.7. The summed E-state index contributed by atoms with van der Waals surface area (Å²) in [7, 11) is 0. The van der Waals surface area contributed by atoms with Crippen LogP contribution in [0.5, 0.6) is 0 Å². The van der Waals surface area contributed by atoms with Crippen molar-refractivity contribution in [3.05, 3.63) is 24.3 Å². The van der Waals surface area contributed by atoms with Crippen molar-refractivity contribution >= 4 is 29.5 Å². The Balaban J connectivity index is 1.81. The summed E-state index contributed by atoms with van der Waals surface area (Å²) in [5, 5.41) is 9.17. The molecular weight excluding hydrogens is 404 g/mol. The summed E-state index contributed by atoms with van der Waals surface area (Å²) in [6, 6.07) is -0.677. The normalized spacial score (nSPS) is 37.1. The van der Waals surface area contributed by atoms with E-state index < -0.39 is 22.6 Å². The topological polar surface area (TPSA) is 87.2 Å². The van der Waals surface area contributed by atoms with Crippen molar-refractivity contribution in [3.63, 3.8) is 0 Å². The monoisotopic (exact) mass is 434 g/mol. The van der Waals surface area contributed by atoms with Gasteiger partial charge in [-0.2, -0.15) is 0 Å². The summed E-state index contributed by atoms with van der Waals surface area (Å²) in [6.07, 6.45) is 10.1. The Bertz CT molecular complexity index is 781. The lowest BCUT2D eigenvalue weighted by Crippen LogP contribution is -2.54. The second-order valence-electron chi connectivity index (χ2n) is 8.68. The molecule has 1 N–H and O–H groups in total. The molecule has 2 amide bonds. The lowest BCUT2D eigenvalue weighted by atomic mass is 9.78. The Morgan fingerprint density at radius 1 is 1.27 bits per heavy atom. The van der Waals surface area contributed by atoms with Crippen LogP contribution < -0.4 is 0 Å². The number of rotatable bonds is 4. The van der Waals surface area contributed by atoms with Crippen molar-refractivity contribution in [1.29, 1.82) is 0 Å². The van der Waals surface area contributed by atoms with Gasteiger partial charge >= 0.3 is 5.97 Å². The molecule has 2 fully saturated rings. The Kier molecular flexibility index (Phi) is 5.99. The maximum absolute atomic E-state index is 13.7. The van der Waals surface area contributed by atoms with E-state index in [-0.39, 0.29) is 35.7 Å². The molecule has 0 aromatic carbocycles. The molecule has 2 saturated heterocycles. The minimum atomic E-state index is -0.800. The first-order chi connectivity index (χ1) is 14.4. The first-order valence-corrected chi connectivity index (χ1v) is 11.7. The number of carbonyl (C=O) groups is 3. The second kappa shape index (κ2) is 8.38. The zero-order valence-corrected chi connectivity index (χ0v) is 18.3. The summed E-state index contributed by atoms with van der Waals surface area (Å²) < 4.78 is 4.72. The van der Waals surface area contributed by atoms with Crippen LogP contribution in [0, 0.1) is 11.8 Å². The van der Waals surface area contributed by atoms with Gasteiger partial charge in [0.05, 0.1) is 23.2 Å². The number of allylic oxidation sites excluding steroid dienone is 1. The number of aliphatic hydroxyl groups is 1. The molecule has 0 bridgehead atoms. The van der Waals surface area contributed by atoms with E-state index in [1.54, 1.807) is 21.6 Å². The van der Waals surface area contributed by atoms with E-state index in [1.807, 2.05) is 32.1 Å². The van der Waals surface area contributed by atoms with Crippen LogP contribution in [0.4, 0.5) is 0 Å². The van der Waals surface area contributed by atoms with E-state index in [0.717, 1.165) is 12.8 Å². The van der Waals surface area contributed by atoms with Crippen molar-refractivity contribution in [1.82, 2.24) is 9.80 Å². The molecule has 1 spiro atoms. The van der Waals surface area contributed by atoms with Crippen molar-refractivity contribution < 1.29 is 24.2 Å². The summed E-state index contributed by atoms with van der Waals surface area (Å²) in [4.78, 5) is 43.8. The molecule has 0 saturated carbocycles. The molecule has 0 aromatic rings. The SMILES string of the molecule is CC(C)N1CC=C[C@]23S[C@H]4/C=C\CCCOC(=O)[C@H]4[C@H]2C(=O)N(CCCO)C3C1=O. The van der Waals surface area contributed by atoms with Gasteiger partial charge in [-0.25, -0.2) is 0 Å². The lowest BCUT2D eigenvalue weighted by Gasteiger charge is -2.36. The minimum absolute atomic E-state index is 0.000372. The van der Waals surface area contributed by atoms with Crippen LogP contribution in [0.25, 0.3) is 0 Å². The number of esters is 1. The molecule has 1 unspecified atom stereocenters. The van der Waals surface area contributed by atoms with Crippen LogP contribution in [-0.2, 0) is 19.1 Å². The molecule has 164 valence electrons. The van der Waals surface area contributed by atoms with Crippen LogP contribution in [-0.4, -0.2) is 81.1 Å². The van der Waals surface area contributed by atoms with Crippen LogP contribution >= 0.6 is 11.8 Å². The van der Waals surface area contributed by atoms with E-state index in [1.165, 1.54) is 0 Å². The van der Waals surface area contributed by atoms with Gasteiger partial charge in [-0.3, -0.25) is 14.4 Å². The number of fused-ring (bicyclic) bond motifs is 2. The molecule has 30 heavy (non-hydrogen) atoms. The molecule has 0 aliphatic carbocycles. The highest BCUT2D eigenvalue weighted by atomic mass is 32.2. The zero-order chi connectivity index (χ0) is 21.5. The number of carbonyl (C=O) groups excluding carboxylic acids is 3. The molecular formula is C22H30N2O5S. The number of cyclic esters (lactones) is 1. The number of thioether (sulfide) groups is 1. The summed E-state index contributed by atoms with van der Waals surface area (Å²) in [6.45, 7) is 5.01. The average molecular weight is 435 g/mol. The fourth-order valence-corrected chi connectivity index (χ4v) is 7.22. The number of hydrogen-bond donors (Lipinski definition) is 1. The fourth-order valence-electron chi connectivity index (χ4n) is 5.22. The molecule has 4 aliphatic rings. The first kappa shape index (κ1) is 21.4. The number of likely N-dealkylation sites (tertiary alicyclic amines) is 1. The quantitative estimate of drug-likeness (QED) is 0.531. The Hall–Kier alpha value is -1.80. The number of aliphatic hydroxyl groups excluding tert-OH is 1. The smallest absolute Gasteiger partial charge is 0.311 e. The van der Waals surface area contributed by atoms with Gasteiger partial charge in [0, 0.05) is 31.0 Å². The maximum Gasteiger partial charge on any atom is 0.311 e. The van der Waals surface area contributed by atoms with Gasteiger partial charge < -0.3 is 19.6 Å². The molecule has 7 nitrogen and oxygen atoms in total. The minimum Gasteiger partial charge on any atom is -0.465 e. The van der Waals surface area contributed by atoms with E-state index >= 15 is 0 Å². The molecule has 4 rings (SSSR count). The zero-order valence-electron chi connectivity index (χ0n) is 17.5. The van der Waals surface area contributed by atoms with E-state index in [9.17, 15) is 19.5 Å². The summed E-state index contributed by atoms with van der Waals surface area (Å²) >= 11 is 1.56. The highest BCUT2D eigenvalue weighted by molar-refractivity contribution is 8.02. The molecule has 0 radical (unpaired) electrons. The Morgan fingerprint density at radius 2 is 2.07 bits per heavy atom. The van der Waals surface area contributed by atoms with Gasteiger partial charge in [0.1, 0.15) is 6.04 Å². The molecule has 0 aromatic heterocycles. The highest BCUT2D eigenvalue weighted by Crippen LogP contribution is 2.60. The molecule has 8 heteroatoms. The number of amides is 2. The predicted octanol–water partition coefficient (Wildman–Crippen LogP) is 1.37. The van der Waals surface area contributed by atoms with Gasteiger partial charge in [-0.05, 0) is 33.1 Å². The predicted molar refractivity (Wildman–Crippen MR) is 114 cm³/mol. The van der Waals surface area contributed by atoms with Crippen molar-refractivity contribution in [3.8, 4) is 0 Å². The number of hydrogen-bond acceptors (Lipinski definition) is 6. The summed E-state index contributed by atoms with van der Waals surface area (Å²) in [5.74, 6) is -1.86. The van der Waals surface area contributed by atoms with Gasteiger partial charge in [0.15, 0.2) is 0 Å². The Morgan fingerprint density at radius 3 is 2.80 bits per heavy atom. The molecule has 4 aliphatic heterocycles. The van der Waals surface area contributed by atoms with E-state index in [4.69, 9.17) is 4.74 Å². The van der Waals surface area contributed by atoms with Crippen LogP contribution in [0.3, 0.4) is 0 Å². The van der Waals surface area contributed by atoms with Gasteiger partial charge in [0.2, 0.25) is 11.8 Å². The third kappa shape index (κ3) is 3.28. The van der Waals surface area contributed by atoms with Crippen molar-refractivity contribution in [2.45, 2.75) is 55.2 Å². The first-order valence-electron chi connectivity index (χ1n) is 10.8. The molecule has 5 atom stereocenters. The van der Waals surface area contributed by atoms with Crippen LogP contribution in [0.1, 0.15) is 33.1 Å². The third-order valence-corrected chi connectivity index (χ3v) is 8.31. The third-order valence-electron chi connectivity index (χ3n) is 6.56. The number of ether oxygens (including phenoxy) is 1. The lowest BCUT2D eigenvalue weighted by molar-refractivity contribution is -0.153. The van der Waals surface area contributed by atoms with Crippen LogP contribution in [0.2, 0.25) is 0 Å². The summed E-state index contributed by atoms with van der Waals surface area (Å²) in [5.41, 5.74) is 0. The van der Waals surface area contributed by atoms with Gasteiger partial charge in [0.25, 0.3) is 0 Å². The van der Waals surface area contributed by atoms with Gasteiger partial charge in [-0.1, -0.05) is 24.3 Å². The Labute approximate surface area is 181 Å². The van der Waals surface area contributed by atoms with Crippen molar-refractivity contribution in [2.75, 3.05) is 26.3 Å². The highest BCUT2D eigenvalue weighted by Gasteiger charge is 2.70. The largest absolute Gasteiger partial charge is 0.465 e. The average Bonchev–Trinajstić information content (AvgIpc) is 3.11. The number of nitrogens with zero attached hydrogens (tertiary/aromatic N) is 2. The van der Waals surface area contributed by atoms with E-state index in [2.05, 4.69) is 6.08 Å².